The van der Waals surface area contributed by atoms with Crippen LogP contribution in [0.2, 0.25) is 0 Å². The molecule has 0 fully saturated rings. The minimum absolute atomic E-state index is 0.358. The van der Waals surface area contributed by atoms with Gasteiger partial charge in [0, 0.05) is 6.54 Å². The molecule has 0 aliphatic rings. The zero-order valence-electron chi connectivity index (χ0n) is 7.11. The predicted molar refractivity (Wildman–Crippen MR) is 50.2 cm³/mol. The summed E-state index contributed by atoms with van der Waals surface area (Å²) >= 11 is -2.05. The Morgan fingerprint density at radius 1 is 1.46 bits per heavy atom. The predicted octanol–water partition coefficient (Wildman–Crippen LogP) is 1.79. The molecule has 0 aliphatic heterocycles. The van der Waals surface area contributed by atoms with Crippen LogP contribution in [-0.2, 0) is 11.3 Å². The summed E-state index contributed by atoms with van der Waals surface area (Å²) in [5, 5.41) is 0. The normalized spacial score (nSPS) is 12.5. The van der Waals surface area contributed by atoms with Crippen LogP contribution in [0.3, 0.4) is 0 Å². The average Bonchev–Trinajstić information content (AvgIpc) is 2.09. The van der Waals surface area contributed by atoms with Gasteiger partial charge in [0.05, 0.1) is 5.69 Å². The van der Waals surface area contributed by atoms with Crippen molar-refractivity contribution < 1.29 is 13.2 Å². The number of halogens is 1. The van der Waals surface area contributed by atoms with E-state index >= 15 is 0 Å². The van der Waals surface area contributed by atoms with Gasteiger partial charge in [-0.1, -0.05) is 0 Å². The maximum Gasteiger partial charge on any atom is 0.261 e. The lowest BCUT2D eigenvalue weighted by Crippen LogP contribution is -2.24. The van der Waals surface area contributed by atoms with Crippen molar-refractivity contribution in [3.63, 3.8) is 0 Å². The van der Waals surface area contributed by atoms with E-state index < -0.39 is 11.3 Å². The van der Waals surface area contributed by atoms with E-state index in [9.17, 15) is 8.60 Å². The fraction of sp³-hybridized carbons (Fsp3) is 0.250. The molecule has 13 heavy (non-hydrogen) atoms. The van der Waals surface area contributed by atoms with Gasteiger partial charge in [0.2, 0.25) is 0 Å². The topological polar surface area (TPSA) is 40.5 Å². The van der Waals surface area contributed by atoms with Gasteiger partial charge in [-0.15, -0.1) is 0 Å². The Morgan fingerprint density at radius 2 is 2.00 bits per heavy atom. The fourth-order valence-corrected chi connectivity index (χ4v) is 1.51. The monoisotopic (exact) mass is 203 g/mol. The third-order valence-electron chi connectivity index (χ3n) is 1.59. The Morgan fingerprint density at radius 3 is 2.38 bits per heavy atom. The highest BCUT2D eigenvalue weighted by atomic mass is 32.2. The lowest BCUT2D eigenvalue weighted by Gasteiger charge is -2.17. The van der Waals surface area contributed by atoms with E-state index in [1.165, 1.54) is 28.6 Å². The lowest BCUT2D eigenvalue weighted by atomic mass is 10.3. The van der Waals surface area contributed by atoms with Gasteiger partial charge in [0.25, 0.3) is 11.3 Å². The molecule has 0 saturated heterocycles. The number of benzene rings is 1. The lowest BCUT2D eigenvalue weighted by molar-refractivity contribution is 0.559. The number of rotatable bonds is 3. The summed E-state index contributed by atoms with van der Waals surface area (Å²) in [7, 11) is 0. The third-order valence-corrected chi connectivity index (χ3v) is 2.44. The van der Waals surface area contributed by atoms with Gasteiger partial charge in [-0.05, 0) is 31.2 Å². The molecule has 1 atom stereocenters. The van der Waals surface area contributed by atoms with Crippen LogP contribution in [0.5, 0.6) is 0 Å². The minimum Gasteiger partial charge on any atom is -0.289 e. The van der Waals surface area contributed by atoms with Crippen molar-refractivity contribution in [2.45, 2.75) is 6.92 Å². The summed E-state index contributed by atoms with van der Waals surface area (Å²) in [6, 6.07) is 5.44. The van der Waals surface area contributed by atoms with Crippen molar-refractivity contribution >= 4 is 17.0 Å². The quantitative estimate of drug-likeness (QED) is 0.761. The first kappa shape index (κ1) is 10.1. The van der Waals surface area contributed by atoms with E-state index in [0.717, 1.165) is 0 Å². The van der Waals surface area contributed by atoms with Crippen LogP contribution in [0.15, 0.2) is 24.3 Å². The molecule has 0 bridgehead atoms. The standard InChI is InChI=1S/C8H10FNO2S/c1-2-10(13(11)12)8-5-3-7(9)4-6-8/h3-6H,2H2,1H3,(H,11,12). The molecule has 1 N–H and O–H groups in total. The van der Waals surface area contributed by atoms with E-state index in [-0.39, 0.29) is 5.82 Å². The van der Waals surface area contributed by atoms with E-state index in [4.69, 9.17) is 4.55 Å². The molecule has 0 heterocycles. The Kier molecular flexibility index (Phi) is 3.39. The number of hydrogen-bond acceptors (Lipinski definition) is 1. The zero-order chi connectivity index (χ0) is 9.84. The molecule has 1 aromatic carbocycles. The van der Waals surface area contributed by atoms with Gasteiger partial charge in [-0.2, -0.15) is 0 Å². The second-order valence-corrected chi connectivity index (χ2v) is 3.30. The Balaban J connectivity index is 2.92. The summed E-state index contributed by atoms with van der Waals surface area (Å²) < 4.78 is 33.3. The second kappa shape index (κ2) is 4.34. The van der Waals surface area contributed by atoms with Gasteiger partial charge in [0.1, 0.15) is 5.82 Å². The molecular weight excluding hydrogens is 193 g/mol. The summed E-state index contributed by atoms with van der Waals surface area (Å²) in [5.41, 5.74) is 0.532. The SMILES string of the molecule is CCN(c1ccc(F)cc1)S(=O)O. The van der Waals surface area contributed by atoms with Crippen molar-refractivity contribution in [2.75, 3.05) is 10.8 Å². The molecule has 0 amide bonds. The van der Waals surface area contributed by atoms with Gasteiger partial charge >= 0.3 is 0 Å². The summed E-state index contributed by atoms with van der Waals surface area (Å²) in [6.07, 6.45) is 0. The minimum atomic E-state index is -2.05. The largest absolute Gasteiger partial charge is 0.289 e. The maximum atomic E-state index is 12.5. The molecular formula is C8H10FNO2S. The molecule has 1 aromatic rings. The molecule has 1 rings (SSSR count). The molecule has 5 heteroatoms. The Labute approximate surface area is 78.6 Å². The number of nitrogens with zero attached hydrogens (tertiary/aromatic N) is 1. The van der Waals surface area contributed by atoms with Crippen LogP contribution in [0, 0.1) is 5.82 Å². The van der Waals surface area contributed by atoms with Crippen LogP contribution in [0.1, 0.15) is 6.92 Å². The van der Waals surface area contributed by atoms with Crippen LogP contribution >= 0.6 is 0 Å². The second-order valence-electron chi connectivity index (χ2n) is 2.40. The van der Waals surface area contributed by atoms with Crippen molar-refractivity contribution in [3.05, 3.63) is 30.1 Å². The highest BCUT2D eigenvalue weighted by Gasteiger charge is 2.08. The van der Waals surface area contributed by atoms with Crippen LogP contribution in [0.25, 0.3) is 0 Å². The zero-order valence-corrected chi connectivity index (χ0v) is 7.92. The molecule has 0 aromatic heterocycles. The first-order chi connectivity index (χ1) is 6.15. The molecule has 1 unspecified atom stereocenters. The van der Waals surface area contributed by atoms with E-state index in [0.29, 0.717) is 12.2 Å². The molecule has 0 saturated carbocycles. The van der Waals surface area contributed by atoms with Crippen molar-refractivity contribution in [1.82, 2.24) is 0 Å². The fourth-order valence-electron chi connectivity index (χ4n) is 0.991. The van der Waals surface area contributed by atoms with Crippen molar-refractivity contribution in [3.8, 4) is 0 Å². The van der Waals surface area contributed by atoms with Gasteiger partial charge in [-0.25, -0.2) is 8.60 Å². The molecule has 0 aliphatic carbocycles. The smallest absolute Gasteiger partial charge is 0.261 e. The van der Waals surface area contributed by atoms with Crippen molar-refractivity contribution in [2.24, 2.45) is 0 Å². The summed E-state index contributed by atoms with van der Waals surface area (Å²) in [4.78, 5) is 0. The average molecular weight is 203 g/mol. The molecule has 72 valence electrons. The maximum absolute atomic E-state index is 12.5. The highest BCUT2D eigenvalue weighted by Crippen LogP contribution is 2.15. The van der Waals surface area contributed by atoms with Crippen LogP contribution in [-0.4, -0.2) is 15.3 Å². The summed E-state index contributed by atoms with van der Waals surface area (Å²) in [6.45, 7) is 2.15. The highest BCUT2D eigenvalue weighted by molar-refractivity contribution is 7.80. The number of hydrogen-bond donors (Lipinski definition) is 1. The van der Waals surface area contributed by atoms with Crippen LogP contribution < -0.4 is 4.31 Å². The van der Waals surface area contributed by atoms with Crippen LogP contribution in [0.4, 0.5) is 10.1 Å². The first-order valence-corrected chi connectivity index (χ1v) is 4.85. The van der Waals surface area contributed by atoms with Gasteiger partial charge < -0.3 is 0 Å². The number of anilines is 1. The Hall–Kier alpha value is -0.940. The van der Waals surface area contributed by atoms with E-state index in [1.54, 1.807) is 6.92 Å². The van der Waals surface area contributed by atoms with Crippen molar-refractivity contribution in [1.29, 1.82) is 0 Å². The molecule has 3 nitrogen and oxygen atoms in total. The van der Waals surface area contributed by atoms with Gasteiger partial charge in [0.15, 0.2) is 0 Å². The van der Waals surface area contributed by atoms with Gasteiger partial charge in [-0.3, -0.25) is 8.86 Å². The third kappa shape index (κ3) is 2.50. The van der Waals surface area contributed by atoms with E-state index in [1.807, 2.05) is 0 Å². The van der Waals surface area contributed by atoms with E-state index in [2.05, 4.69) is 0 Å². The first-order valence-electron chi connectivity index (χ1n) is 3.79. The molecule has 0 spiro atoms. The molecule has 0 radical (unpaired) electrons. The summed E-state index contributed by atoms with van der Waals surface area (Å²) in [5.74, 6) is -0.358. The Bertz CT molecular complexity index is 302.